The number of primary amides is 1. The summed E-state index contributed by atoms with van der Waals surface area (Å²) in [7, 11) is -4.39. The number of rotatable bonds is 7. The molecule has 170 valence electrons. The maximum absolute atomic E-state index is 14.8. The van der Waals surface area contributed by atoms with Gasteiger partial charge >= 0.3 is 5.76 Å². The SMILES string of the molecule is Cc1ccc(F)c(C(C)C(NS(=O)(=O)c2ccc(Br)cc2C(N)=O)c2n[nH]c(=O)o2)c1C. The van der Waals surface area contributed by atoms with E-state index in [-0.39, 0.29) is 21.9 Å². The lowest BCUT2D eigenvalue weighted by atomic mass is 9.88. The number of amides is 1. The fourth-order valence-electron chi connectivity index (χ4n) is 3.43. The van der Waals surface area contributed by atoms with E-state index in [9.17, 15) is 22.4 Å². The van der Waals surface area contributed by atoms with Gasteiger partial charge in [-0.1, -0.05) is 28.9 Å². The van der Waals surface area contributed by atoms with Crippen molar-refractivity contribution < 1.29 is 22.0 Å². The molecule has 0 spiro atoms. The fraction of sp³-hybridized carbons (Fsp3) is 0.250. The van der Waals surface area contributed by atoms with Gasteiger partial charge in [0.15, 0.2) is 0 Å². The van der Waals surface area contributed by atoms with Gasteiger partial charge in [-0.3, -0.25) is 4.79 Å². The highest BCUT2D eigenvalue weighted by atomic mass is 79.9. The average Bonchev–Trinajstić information content (AvgIpc) is 3.15. The van der Waals surface area contributed by atoms with Crippen molar-refractivity contribution in [1.29, 1.82) is 0 Å². The van der Waals surface area contributed by atoms with E-state index in [4.69, 9.17) is 10.2 Å². The van der Waals surface area contributed by atoms with Crippen LogP contribution >= 0.6 is 15.9 Å². The van der Waals surface area contributed by atoms with Gasteiger partial charge in [0.05, 0.1) is 10.5 Å². The first-order chi connectivity index (χ1) is 14.9. The van der Waals surface area contributed by atoms with Gasteiger partial charge in [0.25, 0.3) is 0 Å². The number of sulfonamides is 1. The molecule has 2 unspecified atom stereocenters. The van der Waals surface area contributed by atoms with Gasteiger partial charge in [0, 0.05) is 10.4 Å². The topological polar surface area (TPSA) is 148 Å². The van der Waals surface area contributed by atoms with E-state index in [0.29, 0.717) is 10.0 Å². The summed E-state index contributed by atoms with van der Waals surface area (Å²) in [5.74, 6) is -3.54. The summed E-state index contributed by atoms with van der Waals surface area (Å²) < 4.78 is 49.1. The van der Waals surface area contributed by atoms with Crippen LogP contribution in [0, 0.1) is 19.7 Å². The molecule has 0 aliphatic heterocycles. The van der Waals surface area contributed by atoms with E-state index in [1.807, 2.05) is 0 Å². The van der Waals surface area contributed by atoms with Crippen molar-refractivity contribution in [2.45, 2.75) is 37.6 Å². The molecule has 0 radical (unpaired) electrons. The van der Waals surface area contributed by atoms with Crippen molar-refractivity contribution in [1.82, 2.24) is 14.9 Å². The smallest absolute Gasteiger partial charge is 0.391 e. The number of hydrogen-bond acceptors (Lipinski definition) is 6. The number of carbonyl (C=O) groups excluding carboxylic acids is 1. The zero-order valence-electron chi connectivity index (χ0n) is 17.3. The number of aromatic amines is 1. The number of nitrogens with zero attached hydrogens (tertiary/aromatic N) is 1. The van der Waals surface area contributed by atoms with Crippen LogP contribution in [0.15, 0.2) is 48.9 Å². The van der Waals surface area contributed by atoms with Crippen LogP contribution < -0.4 is 16.2 Å². The molecule has 0 aliphatic rings. The van der Waals surface area contributed by atoms with Gasteiger partial charge in [0.2, 0.25) is 21.8 Å². The third-order valence-corrected chi connectivity index (χ3v) is 7.18. The van der Waals surface area contributed by atoms with Crippen molar-refractivity contribution in [3.05, 3.63) is 79.3 Å². The molecule has 9 nitrogen and oxygen atoms in total. The molecule has 3 rings (SSSR count). The van der Waals surface area contributed by atoms with E-state index in [2.05, 4.69) is 30.8 Å². The minimum Gasteiger partial charge on any atom is -0.391 e. The van der Waals surface area contributed by atoms with Gasteiger partial charge in [-0.15, -0.1) is 5.10 Å². The predicted octanol–water partition coefficient (Wildman–Crippen LogP) is 2.80. The number of H-pyrrole nitrogens is 1. The average molecular weight is 527 g/mol. The molecule has 1 aromatic heterocycles. The molecular formula is C20H20BrFN4O5S. The molecule has 2 aromatic carbocycles. The number of carbonyl (C=O) groups is 1. The largest absolute Gasteiger partial charge is 0.434 e. The first-order valence-electron chi connectivity index (χ1n) is 9.35. The van der Waals surface area contributed by atoms with E-state index in [1.165, 1.54) is 24.3 Å². The number of nitrogens with two attached hydrogens (primary N) is 1. The molecule has 4 N–H and O–H groups in total. The molecule has 12 heteroatoms. The lowest BCUT2D eigenvalue weighted by Gasteiger charge is -2.25. The summed E-state index contributed by atoms with van der Waals surface area (Å²) in [5.41, 5.74) is 6.74. The Morgan fingerprint density at radius 3 is 2.56 bits per heavy atom. The van der Waals surface area contributed by atoms with Crippen molar-refractivity contribution in [2.75, 3.05) is 0 Å². The first kappa shape index (κ1) is 23.8. The van der Waals surface area contributed by atoms with Crippen LogP contribution in [-0.4, -0.2) is 24.5 Å². The number of halogens is 2. The second-order valence-electron chi connectivity index (χ2n) is 7.25. The van der Waals surface area contributed by atoms with Gasteiger partial charge in [-0.2, -0.15) is 4.72 Å². The highest BCUT2D eigenvalue weighted by molar-refractivity contribution is 9.10. The van der Waals surface area contributed by atoms with Crippen molar-refractivity contribution in [2.24, 2.45) is 5.73 Å². The Morgan fingerprint density at radius 1 is 1.28 bits per heavy atom. The third-order valence-electron chi connectivity index (χ3n) is 5.19. The van der Waals surface area contributed by atoms with Crippen LogP contribution in [-0.2, 0) is 10.0 Å². The fourth-order valence-corrected chi connectivity index (χ4v) is 5.25. The Labute approximate surface area is 191 Å². The molecule has 2 atom stereocenters. The summed E-state index contributed by atoms with van der Waals surface area (Å²) in [6.45, 7) is 5.07. The van der Waals surface area contributed by atoms with E-state index in [0.717, 1.165) is 5.56 Å². The number of benzene rings is 2. The maximum atomic E-state index is 14.8. The monoisotopic (exact) mass is 526 g/mol. The zero-order valence-corrected chi connectivity index (χ0v) is 19.7. The molecule has 1 heterocycles. The van der Waals surface area contributed by atoms with Crippen LogP contribution in [0.4, 0.5) is 4.39 Å². The standard InChI is InChI=1S/C20H20BrFN4O5S/c1-9-4-6-14(22)16(10(9)2)11(3)17(19-24-25-20(28)31-19)26-32(29,30)15-7-5-12(21)8-13(15)18(23)27/h4-8,11,17,26H,1-3H3,(H2,23,27)(H,25,28). The zero-order chi connectivity index (χ0) is 23.8. The number of nitrogens with one attached hydrogen (secondary N) is 2. The Balaban J connectivity index is 2.14. The molecule has 0 bridgehead atoms. The third kappa shape index (κ3) is 4.66. The van der Waals surface area contributed by atoms with Crippen LogP contribution in [0.25, 0.3) is 0 Å². The Bertz CT molecular complexity index is 1350. The summed E-state index contributed by atoms with van der Waals surface area (Å²) >= 11 is 3.17. The molecule has 0 aliphatic carbocycles. The van der Waals surface area contributed by atoms with E-state index in [1.54, 1.807) is 26.8 Å². The Kier molecular flexibility index (Phi) is 6.67. The first-order valence-corrected chi connectivity index (χ1v) is 11.6. The normalized spacial score (nSPS) is 13.7. The molecule has 0 saturated carbocycles. The van der Waals surface area contributed by atoms with Gasteiger partial charge in [-0.25, -0.2) is 22.7 Å². The van der Waals surface area contributed by atoms with Crippen LogP contribution in [0.2, 0.25) is 0 Å². The summed E-state index contributed by atoms with van der Waals surface area (Å²) in [5, 5.41) is 5.82. The predicted molar refractivity (Wildman–Crippen MR) is 117 cm³/mol. The Morgan fingerprint density at radius 2 is 1.97 bits per heavy atom. The molecule has 0 saturated heterocycles. The lowest BCUT2D eigenvalue weighted by molar-refractivity contribution is 0.0997. The highest BCUT2D eigenvalue weighted by Crippen LogP contribution is 2.35. The second-order valence-corrected chi connectivity index (χ2v) is 9.84. The summed E-state index contributed by atoms with van der Waals surface area (Å²) in [6.07, 6.45) is 0. The molecule has 3 aromatic rings. The minimum atomic E-state index is -4.39. The Hall–Kier alpha value is -2.83. The second kappa shape index (κ2) is 8.96. The van der Waals surface area contributed by atoms with Crippen molar-refractivity contribution in [3.8, 4) is 0 Å². The van der Waals surface area contributed by atoms with E-state index < -0.39 is 39.5 Å². The summed E-state index contributed by atoms with van der Waals surface area (Å²) in [4.78, 5) is 23.0. The number of aryl methyl sites for hydroxylation is 1. The quantitative estimate of drug-likeness (QED) is 0.431. The molecule has 0 fully saturated rings. The minimum absolute atomic E-state index is 0.231. The summed E-state index contributed by atoms with van der Waals surface area (Å²) in [6, 6.07) is 5.51. The van der Waals surface area contributed by atoms with Crippen molar-refractivity contribution in [3.63, 3.8) is 0 Å². The van der Waals surface area contributed by atoms with Gasteiger partial charge in [0.1, 0.15) is 11.9 Å². The highest BCUT2D eigenvalue weighted by Gasteiger charge is 2.34. The lowest BCUT2D eigenvalue weighted by Crippen LogP contribution is -2.34. The number of hydrogen-bond donors (Lipinski definition) is 3. The number of aromatic nitrogens is 2. The van der Waals surface area contributed by atoms with Gasteiger partial charge < -0.3 is 10.2 Å². The van der Waals surface area contributed by atoms with Crippen LogP contribution in [0.5, 0.6) is 0 Å². The van der Waals surface area contributed by atoms with Crippen LogP contribution in [0.3, 0.4) is 0 Å². The van der Waals surface area contributed by atoms with Gasteiger partial charge in [-0.05, 0) is 54.8 Å². The molecular weight excluding hydrogens is 507 g/mol. The molecule has 32 heavy (non-hydrogen) atoms. The van der Waals surface area contributed by atoms with Crippen molar-refractivity contribution >= 4 is 31.9 Å². The molecule has 1 amide bonds. The maximum Gasteiger partial charge on any atom is 0.434 e. The van der Waals surface area contributed by atoms with E-state index >= 15 is 0 Å². The van der Waals surface area contributed by atoms with Crippen LogP contribution in [0.1, 0.15) is 51.8 Å².